The lowest BCUT2D eigenvalue weighted by atomic mass is 10.3. The fourth-order valence-corrected chi connectivity index (χ4v) is 1.92. The van der Waals surface area contributed by atoms with Gasteiger partial charge in [-0.25, -0.2) is 4.68 Å². The molecule has 0 saturated carbocycles. The molecule has 2 rings (SSSR count). The molecule has 1 aromatic carbocycles. The van der Waals surface area contributed by atoms with Crippen LogP contribution in [0.2, 0.25) is 0 Å². The summed E-state index contributed by atoms with van der Waals surface area (Å²) in [6, 6.07) is 10.6. The Hall–Kier alpha value is -1.81. The highest BCUT2D eigenvalue weighted by molar-refractivity contribution is 5.38. The quantitative estimate of drug-likeness (QED) is 0.846. The van der Waals surface area contributed by atoms with Gasteiger partial charge in [-0.15, -0.1) is 0 Å². The van der Waals surface area contributed by atoms with E-state index in [0.29, 0.717) is 6.04 Å². The number of ether oxygens (including phenoxy) is 1. The molecule has 0 aliphatic heterocycles. The molecule has 0 amide bonds. The van der Waals surface area contributed by atoms with E-state index in [4.69, 9.17) is 4.74 Å². The molecule has 1 atom stereocenters. The number of hydrogen-bond donors (Lipinski definition) is 1. The first-order valence-corrected chi connectivity index (χ1v) is 7.63. The third-order valence-corrected chi connectivity index (χ3v) is 3.33. The van der Waals surface area contributed by atoms with Gasteiger partial charge in [-0.1, -0.05) is 26.8 Å². The van der Waals surface area contributed by atoms with E-state index >= 15 is 0 Å². The van der Waals surface area contributed by atoms with Gasteiger partial charge in [-0.2, -0.15) is 5.10 Å². The number of aromatic nitrogens is 2. The van der Waals surface area contributed by atoms with Crippen LogP contribution in [-0.4, -0.2) is 21.9 Å². The van der Waals surface area contributed by atoms with E-state index in [9.17, 15) is 0 Å². The van der Waals surface area contributed by atoms with Gasteiger partial charge in [0.1, 0.15) is 5.75 Å². The minimum absolute atomic E-state index is 0.226. The molecule has 0 aliphatic rings. The molecule has 0 spiro atoms. The second-order valence-electron chi connectivity index (χ2n) is 5.62. The van der Waals surface area contributed by atoms with E-state index in [1.165, 1.54) is 0 Å². The molecule has 1 unspecified atom stereocenters. The summed E-state index contributed by atoms with van der Waals surface area (Å²) in [7, 11) is 0. The molecule has 4 heteroatoms. The third kappa shape index (κ3) is 4.60. The average molecular weight is 287 g/mol. The zero-order chi connectivity index (χ0) is 15.2. The van der Waals surface area contributed by atoms with Gasteiger partial charge >= 0.3 is 0 Å². The maximum absolute atomic E-state index is 5.86. The van der Waals surface area contributed by atoms with Crippen molar-refractivity contribution in [2.24, 2.45) is 0 Å². The SMILES string of the molecule is CCC(C)Oc1cccc(-n2ccc(CNC(C)C)n2)c1. The van der Waals surface area contributed by atoms with E-state index in [0.717, 1.165) is 30.1 Å². The van der Waals surface area contributed by atoms with Crippen LogP contribution in [0.1, 0.15) is 39.8 Å². The highest BCUT2D eigenvalue weighted by Crippen LogP contribution is 2.18. The Morgan fingerprint density at radius 2 is 2.05 bits per heavy atom. The molecule has 0 bridgehead atoms. The van der Waals surface area contributed by atoms with Crippen molar-refractivity contribution in [2.75, 3.05) is 0 Å². The second-order valence-corrected chi connectivity index (χ2v) is 5.62. The molecule has 1 aromatic heterocycles. The summed E-state index contributed by atoms with van der Waals surface area (Å²) in [5.74, 6) is 0.888. The van der Waals surface area contributed by atoms with E-state index in [2.05, 4.69) is 38.1 Å². The van der Waals surface area contributed by atoms with Gasteiger partial charge in [0.05, 0.1) is 17.5 Å². The van der Waals surface area contributed by atoms with Crippen molar-refractivity contribution in [3.8, 4) is 11.4 Å². The highest BCUT2D eigenvalue weighted by atomic mass is 16.5. The highest BCUT2D eigenvalue weighted by Gasteiger charge is 2.05. The van der Waals surface area contributed by atoms with Crippen LogP contribution in [-0.2, 0) is 6.54 Å². The van der Waals surface area contributed by atoms with Crippen LogP contribution in [0.15, 0.2) is 36.5 Å². The predicted molar refractivity (Wildman–Crippen MR) is 85.9 cm³/mol. The van der Waals surface area contributed by atoms with Crippen molar-refractivity contribution in [2.45, 2.75) is 52.8 Å². The number of benzene rings is 1. The first-order chi connectivity index (χ1) is 10.1. The molecule has 0 radical (unpaired) electrons. The monoisotopic (exact) mass is 287 g/mol. The second kappa shape index (κ2) is 7.27. The van der Waals surface area contributed by atoms with Gasteiger partial charge in [-0.05, 0) is 31.5 Å². The lowest BCUT2D eigenvalue weighted by Gasteiger charge is -2.13. The maximum atomic E-state index is 5.86. The molecule has 0 aliphatic carbocycles. The topological polar surface area (TPSA) is 39.1 Å². The van der Waals surface area contributed by atoms with Crippen LogP contribution < -0.4 is 10.1 Å². The molecule has 21 heavy (non-hydrogen) atoms. The molecule has 114 valence electrons. The maximum Gasteiger partial charge on any atom is 0.121 e. The Morgan fingerprint density at radius 1 is 1.24 bits per heavy atom. The summed E-state index contributed by atoms with van der Waals surface area (Å²) < 4.78 is 7.75. The minimum Gasteiger partial charge on any atom is -0.491 e. The zero-order valence-electron chi connectivity index (χ0n) is 13.3. The van der Waals surface area contributed by atoms with Gasteiger partial charge in [0.2, 0.25) is 0 Å². The van der Waals surface area contributed by atoms with Crippen molar-refractivity contribution >= 4 is 0 Å². The molecule has 2 aromatic rings. The van der Waals surface area contributed by atoms with E-state index in [1.54, 1.807) is 0 Å². The first kappa shape index (κ1) is 15.6. The number of hydrogen-bond acceptors (Lipinski definition) is 3. The molecular formula is C17H25N3O. The fraction of sp³-hybridized carbons (Fsp3) is 0.471. The van der Waals surface area contributed by atoms with Gasteiger partial charge < -0.3 is 10.1 Å². The van der Waals surface area contributed by atoms with Crippen molar-refractivity contribution in [1.82, 2.24) is 15.1 Å². The first-order valence-electron chi connectivity index (χ1n) is 7.63. The Morgan fingerprint density at radius 3 is 2.76 bits per heavy atom. The summed E-state index contributed by atoms with van der Waals surface area (Å²) in [5.41, 5.74) is 2.06. The van der Waals surface area contributed by atoms with Gasteiger partial charge in [-0.3, -0.25) is 0 Å². The van der Waals surface area contributed by atoms with E-state index < -0.39 is 0 Å². The smallest absolute Gasteiger partial charge is 0.121 e. The van der Waals surface area contributed by atoms with Crippen molar-refractivity contribution in [3.05, 3.63) is 42.2 Å². The Bertz CT molecular complexity index is 563. The third-order valence-electron chi connectivity index (χ3n) is 3.33. The van der Waals surface area contributed by atoms with E-state index in [1.807, 2.05) is 41.2 Å². The number of rotatable bonds is 7. The standard InChI is InChI=1S/C17H25N3O/c1-5-14(4)21-17-8-6-7-16(11-17)20-10-9-15(19-20)12-18-13(2)3/h6-11,13-14,18H,5,12H2,1-4H3. The molecular weight excluding hydrogens is 262 g/mol. The van der Waals surface area contributed by atoms with Gasteiger partial charge in [0.15, 0.2) is 0 Å². The zero-order valence-corrected chi connectivity index (χ0v) is 13.3. The van der Waals surface area contributed by atoms with Crippen LogP contribution >= 0.6 is 0 Å². The summed E-state index contributed by atoms with van der Waals surface area (Å²) >= 11 is 0. The Kier molecular flexibility index (Phi) is 5.39. The summed E-state index contributed by atoms with van der Waals surface area (Å²) in [4.78, 5) is 0. The minimum atomic E-state index is 0.226. The average Bonchev–Trinajstić information content (AvgIpc) is 2.94. The molecule has 1 heterocycles. The Balaban J connectivity index is 2.09. The van der Waals surface area contributed by atoms with Gasteiger partial charge in [0.25, 0.3) is 0 Å². The molecule has 4 nitrogen and oxygen atoms in total. The summed E-state index contributed by atoms with van der Waals surface area (Å²) in [5, 5.41) is 7.96. The van der Waals surface area contributed by atoms with E-state index in [-0.39, 0.29) is 6.10 Å². The Labute approximate surface area is 127 Å². The molecule has 0 fully saturated rings. The summed E-state index contributed by atoms with van der Waals surface area (Å²) in [6.45, 7) is 9.25. The molecule has 1 N–H and O–H groups in total. The lowest BCUT2D eigenvalue weighted by molar-refractivity contribution is 0.217. The number of nitrogens with one attached hydrogen (secondary N) is 1. The number of nitrogens with zero attached hydrogens (tertiary/aromatic N) is 2. The van der Waals surface area contributed by atoms with Crippen LogP contribution in [0.3, 0.4) is 0 Å². The summed E-state index contributed by atoms with van der Waals surface area (Å²) in [6.07, 6.45) is 3.21. The molecule has 0 saturated heterocycles. The van der Waals surface area contributed by atoms with Crippen LogP contribution in [0, 0.1) is 0 Å². The van der Waals surface area contributed by atoms with Crippen LogP contribution in [0.4, 0.5) is 0 Å². The largest absolute Gasteiger partial charge is 0.491 e. The lowest BCUT2D eigenvalue weighted by Crippen LogP contribution is -2.22. The van der Waals surface area contributed by atoms with Crippen LogP contribution in [0.5, 0.6) is 5.75 Å². The van der Waals surface area contributed by atoms with Crippen molar-refractivity contribution in [3.63, 3.8) is 0 Å². The van der Waals surface area contributed by atoms with Crippen LogP contribution in [0.25, 0.3) is 5.69 Å². The normalized spacial score (nSPS) is 12.6. The van der Waals surface area contributed by atoms with Gasteiger partial charge in [0, 0.05) is 24.8 Å². The fourth-order valence-electron chi connectivity index (χ4n) is 1.92. The predicted octanol–water partition coefficient (Wildman–Crippen LogP) is 3.55. The van der Waals surface area contributed by atoms with Crippen molar-refractivity contribution in [1.29, 1.82) is 0 Å². The van der Waals surface area contributed by atoms with Crippen molar-refractivity contribution < 1.29 is 4.74 Å².